The number of amides is 2. The molecule has 2 aliphatic rings. The molecule has 0 radical (unpaired) electrons. The van der Waals surface area contributed by atoms with Gasteiger partial charge in [0.25, 0.3) is 11.8 Å². The molecule has 2 aromatic rings. The maximum absolute atomic E-state index is 14.1. The summed E-state index contributed by atoms with van der Waals surface area (Å²) in [5.41, 5.74) is 1.73. The molecular weight excluding hydrogens is 387 g/mol. The van der Waals surface area contributed by atoms with Crippen molar-refractivity contribution in [2.75, 3.05) is 18.4 Å². The van der Waals surface area contributed by atoms with Crippen LogP contribution in [0.5, 0.6) is 0 Å². The lowest BCUT2D eigenvalue weighted by Crippen LogP contribution is -2.33. The van der Waals surface area contributed by atoms with E-state index in [2.05, 4.69) is 12.2 Å². The normalized spacial score (nSPS) is 19.4. The number of halogens is 1. The Kier molecular flexibility index (Phi) is 5.99. The lowest BCUT2D eigenvalue weighted by molar-refractivity contribution is 0.0761. The van der Waals surface area contributed by atoms with Gasteiger partial charge >= 0.3 is 0 Å². The van der Waals surface area contributed by atoms with Gasteiger partial charge in [-0.15, -0.1) is 11.3 Å². The predicted octanol–water partition coefficient (Wildman–Crippen LogP) is 5.28. The monoisotopic (exact) mass is 414 g/mol. The fourth-order valence-electron chi connectivity index (χ4n) is 4.31. The number of anilines is 1. The van der Waals surface area contributed by atoms with E-state index in [4.69, 9.17) is 0 Å². The molecule has 0 bridgehead atoms. The summed E-state index contributed by atoms with van der Waals surface area (Å²) in [6, 6.07) is 5.95. The first kappa shape index (κ1) is 20.1. The molecule has 2 heterocycles. The topological polar surface area (TPSA) is 49.4 Å². The Morgan fingerprint density at radius 2 is 1.86 bits per heavy atom. The third kappa shape index (κ3) is 4.22. The van der Waals surface area contributed by atoms with Crippen LogP contribution in [-0.2, 0) is 12.8 Å². The molecule has 4 nitrogen and oxygen atoms in total. The highest BCUT2D eigenvalue weighted by Crippen LogP contribution is 2.40. The van der Waals surface area contributed by atoms with Crippen molar-refractivity contribution in [1.29, 1.82) is 0 Å². The Hall–Kier alpha value is -2.21. The average Bonchev–Trinajstić information content (AvgIpc) is 2.87. The number of thiophene rings is 1. The fraction of sp³-hybridized carbons (Fsp3) is 0.478. The molecule has 1 aliphatic heterocycles. The van der Waals surface area contributed by atoms with E-state index in [9.17, 15) is 14.0 Å². The van der Waals surface area contributed by atoms with Crippen molar-refractivity contribution in [2.24, 2.45) is 5.92 Å². The van der Waals surface area contributed by atoms with Crippen LogP contribution in [-0.4, -0.2) is 29.8 Å². The van der Waals surface area contributed by atoms with Gasteiger partial charge in [-0.25, -0.2) is 4.39 Å². The van der Waals surface area contributed by atoms with E-state index >= 15 is 0 Å². The number of rotatable bonds is 3. The molecule has 2 amide bonds. The molecule has 1 atom stereocenters. The van der Waals surface area contributed by atoms with E-state index in [0.29, 0.717) is 16.5 Å². The Bertz CT molecular complexity index is 916. The number of benzene rings is 1. The van der Waals surface area contributed by atoms with E-state index in [0.717, 1.165) is 63.6 Å². The van der Waals surface area contributed by atoms with Crippen molar-refractivity contribution < 1.29 is 14.0 Å². The van der Waals surface area contributed by atoms with Gasteiger partial charge in [0, 0.05) is 18.0 Å². The van der Waals surface area contributed by atoms with Gasteiger partial charge in [-0.3, -0.25) is 9.59 Å². The number of nitrogens with zero attached hydrogens (tertiary/aromatic N) is 1. The van der Waals surface area contributed by atoms with E-state index in [1.165, 1.54) is 28.3 Å². The number of likely N-dealkylation sites (tertiary alicyclic amines) is 1. The van der Waals surface area contributed by atoms with Gasteiger partial charge < -0.3 is 10.2 Å². The van der Waals surface area contributed by atoms with Gasteiger partial charge in [-0.1, -0.05) is 31.9 Å². The molecule has 0 unspecified atom stereocenters. The zero-order valence-corrected chi connectivity index (χ0v) is 17.6. The highest BCUT2D eigenvalue weighted by Gasteiger charge is 2.31. The van der Waals surface area contributed by atoms with Crippen LogP contribution in [0.25, 0.3) is 0 Å². The first-order valence-corrected chi connectivity index (χ1v) is 11.4. The molecule has 1 saturated heterocycles. The van der Waals surface area contributed by atoms with Crippen LogP contribution >= 0.6 is 11.3 Å². The molecule has 6 heteroatoms. The first-order chi connectivity index (χ1) is 14.0. The fourth-order valence-corrected chi connectivity index (χ4v) is 5.71. The van der Waals surface area contributed by atoms with Crippen LogP contribution in [0.1, 0.15) is 70.2 Å². The molecule has 29 heavy (non-hydrogen) atoms. The summed E-state index contributed by atoms with van der Waals surface area (Å²) >= 11 is 1.49. The van der Waals surface area contributed by atoms with E-state index < -0.39 is 11.7 Å². The van der Waals surface area contributed by atoms with Crippen molar-refractivity contribution in [3.05, 3.63) is 51.7 Å². The van der Waals surface area contributed by atoms with Crippen LogP contribution in [0, 0.1) is 11.7 Å². The Balaban J connectivity index is 1.68. The second kappa shape index (κ2) is 8.66. The number of hydrogen-bond donors (Lipinski definition) is 1. The summed E-state index contributed by atoms with van der Waals surface area (Å²) in [6.45, 7) is 3.75. The number of nitrogens with one attached hydrogen (secondary N) is 1. The van der Waals surface area contributed by atoms with E-state index in [1.54, 1.807) is 12.1 Å². The Morgan fingerprint density at radius 3 is 2.59 bits per heavy atom. The summed E-state index contributed by atoms with van der Waals surface area (Å²) in [7, 11) is 0. The summed E-state index contributed by atoms with van der Waals surface area (Å²) in [4.78, 5) is 29.4. The quantitative estimate of drug-likeness (QED) is 0.743. The molecule has 154 valence electrons. The molecular formula is C23H27FN2O2S. The van der Waals surface area contributed by atoms with Gasteiger partial charge in [0.2, 0.25) is 0 Å². The third-order valence-electron chi connectivity index (χ3n) is 5.96. The second-order valence-corrected chi connectivity index (χ2v) is 9.30. The molecule has 4 rings (SSSR count). The van der Waals surface area contributed by atoms with Gasteiger partial charge in [0.05, 0.1) is 11.1 Å². The minimum absolute atomic E-state index is 0.000381. The van der Waals surface area contributed by atoms with E-state index in [-0.39, 0.29) is 11.5 Å². The van der Waals surface area contributed by atoms with Crippen LogP contribution in [0.2, 0.25) is 0 Å². The summed E-state index contributed by atoms with van der Waals surface area (Å²) in [6.07, 6.45) is 7.18. The first-order valence-electron chi connectivity index (χ1n) is 10.5. The molecule has 1 aliphatic carbocycles. The minimum atomic E-state index is -0.555. The zero-order chi connectivity index (χ0) is 20.4. The molecule has 0 spiro atoms. The molecule has 1 aromatic heterocycles. The second-order valence-electron chi connectivity index (χ2n) is 8.20. The van der Waals surface area contributed by atoms with Crippen LogP contribution in [0.3, 0.4) is 0 Å². The Morgan fingerprint density at radius 1 is 1.14 bits per heavy atom. The molecule has 1 aromatic carbocycles. The van der Waals surface area contributed by atoms with Gasteiger partial charge in [0.15, 0.2) is 0 Å². The maximum Gasteiger partial charge on any atom is 0.259 e. The minimum Gasteiger partial charge on any atom is -0.339 e. The van der Waals surface area contributed by atoms with Crippen LogP contribution in [0.15, 0.2) is 24.3 Å². The lowest BCUT2D eigenvalue weighted by Gasteiger charge is -2.23. The lowest BCUT2D eigenvalue weighted by atomic mass is 9.88. The Labute approximate surface area is 175 Å². The van der Waals surface area contributed by atoms with Crippen molar-refractivity contribution >= 4 is 28.2 Å². The molecule has 0 saturated carbocycles. The number of carbonyl (C=O) groups is 2. The van der Waals surface area contributed by atoms with Crippen molar-refractivity contribution in [2.45, 2.75) is 51.9 Å². The van der Waals surface area contributed by atoms with Crippen LogP contribution < -0.4 is 5.32 Å². The largest absolute Gasteiger partial charge is 0.339 e. The molecule has 1 fully saturated rings. The number of hydrogen-bond acceptors (Lipinski definition) is 3. The van der Waals surface area contributed by atoms with Gasteiger partial charge in [-0.2, -0.15) is 0 Å². The third-order valence-corrected chi connectivity index (χ3v) is 7.13. The van der Waals surface area contributed by atoms with Crippen LogP contribution in [0.4, 0.5) is 9.39 Å². The maximum atomic E-state index is 14.1. The number of fused-ring (bicyclic) bond motifs is 1. The highest BCUT2D eigenvalue weighted by molar-refractivity contribution is 7.17. The van der Waals surface area contributed by atoms with Gasteiger partial charge in [-0.05, 0) is 55.7 Å². The number of carbonyl (C=O) groups excluding carboxylic acids is 2. The van der Waals surface area contributed by atoms with Crippen molar-refractivity contribution in [1.82, 2.24) is 4.90 Å². The van der Waals surface area contributed by atoms with E-state index in [1.807, 2.05) is 4.90 Å². The SMILES string of the molecule is C[C@@H]1CCc2c(sc(NC(=O)c3ccccc3F)c2C(=O)N2CCCCCC2)C1. The van der Waals surface area contributed by atoms with Crippen molar-refractivity contribution in [3.8, 4) is 0 Å². The smallest absolute Gasteiger partial charge is 0.259 e. The highest BCUT2D eigenvalue weighted by atomic mass is 32.1. The molecule has 1 N–H and O–H groups in total. The zero-order valence-electron chi connectivity index (χ0n) is 16.8. The van der Waals surface area contributed by atoms with Crippen molar-refractivity contribution in [3.63, 3.8) is 0 Å². The summed E-state index contributed by atoms with van der Waals surface area (Å²) < 4.78 is 14.1. The standard InChI is InChI=1S/C23H27FN2O2S/c1-15-10-11-17-19(14-15)29-22(25-21(27)16-8-4-5-9-18(16)24)20(17)23(28)26-12-6-2-3-7-13-26/h4-5,8-9,15H,2-3,6-7,10-14H2,1H3,(H,25,27)/t15-/m1/s1. The predicted molar refractivity (Wildman–Crippen MR) is 114 cm³/mol. The average molecular weight is 415 g/mol. The van der Waals surface area contributed by atoms with Gasteiger partial charge in [0.1, 0.15) is 10.8 Å². The summed E-state index contributed by atoms with van der Waals surface area (Å²) in [5.74, 6) is -0.472. The summed E-state index contributed by atoms with van der Waals surface area (Å²) in [5, 5.41) is 3.44.